The molecule has 534 valence electrons. The highest BCUT2D eigenvalue weighted by atomic mass is 16.6. The maximum absolute atomic E-state index is 12.2. The SMILES string of the molecule is COc1cccc(CCc2ccccc2OCC(CN2CCCC2)OC(=O)CCC(=O)O)c1.COc1cccc(CCc2ccccc2OCC(CN2CCCC2)OC(=O)CCC(=O)O)c1.COc1cccc(CCc2ccccc2OCC(CN2CCCC2)OC(=O)CCC(=O)O)c1. The van der Waals surface area contributed by atoms with Crippen molar-refractivity contribution in [1.29, 1.82) is 0 Å². The van der Waals surface area contributed by atoms with E-state index in [-0.39, 0.29) is 58.3 Å². The summed E-state index contributed by atoms with van der Waals surface area (Å²) in [6, 6.07) is 47.8. The number of para-hydroxylation sites is 3. The van der Waals surface area contributed by atoms with Crippen molar-refractivity contribution in [2.75, 3.05) is 100 Å². The maximum atomic E-state index is 12.2. The zero-order valence-corrected chi connectivity index (χ0v) is 57.6. The Balaban J connectivity index is 0.000000209. The Hall–Kier alpha value is -9.18. The van der Waals surface area contributed by atoms with Crippen LogP contribution in [0.2, 0.25) is 0 Å². The largest absolute Gasteiger partial charge is 0.497 e. The molecule has 0 radical (unpaired) electrons. The van der Waals surface area contributed by atoms with E-state index in [0.29, 0.717) is 19.6 Å². The summed E-state index contributed by atoms with van der Waals surface area (Å²) in [4.78, 5) is 75.5. The highest BCUT2D eigenvalue weighted by Crippen LogP contribution is 2.27. The van der Waals surface area contributed by atoms with E-state index < -0.39 is 54.1 Å². The van der Waals surface area contributed by atoms with Gasteiger partial charge in [0.15, 0.2) is 0 Å². The predicted molar refractivity (Wildman–Crippen MR) is 374 cm³/mol. The molecule has 9 rings (SSSR count). The summed E-state index contributed by atoms with van der Waals surface area (Å²) in [6.07, 6.45) is 9.29. The summed E-state index contributed by atoms with van der Waals surface area (Å²) < 4.78 is 51.1. The lowest BCUT2D eigenvalue weighted by atomic mass is 10.0. The van der Waals surface area contributed by atoms with E-state index in [2.05, 4.69) is 32.9 Å². The van der Waals surface area contributed by atoms with Crippen LogP contribution < -0.4 is 28.4 Å². The third-order valence-corrected chi connectivity index (χ3v) is 17.1. The van der Waals surface area contributed by atoms with Gasteiger partial charge in [0, 0.05) is 19.6 Å². The zero-order valence-electron chi connectivity index (χ0n) is 57.6. The first-order valence-corrected chi connectivity index (χ1v) is 34.5. The minimum Gasteiger partial charge on any atom is -0.497 e. The molecular weight excluding hydrogens is 1270 g/mol. The molecule has 3 heterocycles. The van der Waals surface area contributed by atoms with Gasteiger partial charge < -0.3 is 58.0 Å². The van der Waals surface area contributed by atoms with E-state index in [9.17, 15) is 28.8 Å². The Kier molecular flexibility index (Phi) is 33.7. The normalized spacial score (nSPS) is 14.6. The molecule has 0 amide bonds. The van der Waals surface area contributed by atoms with Crippen LogP contribution in [0.15, 0.2) is 146 Å². The minimum absolute atomic E-state index is 0.136. The molecule has 0 aromatic heterocycles. The van der Waals surface area contributed by atoms with Crippen molar-refractivity contribution < 1.29 is 86.7 Å². The lowest BCUT2D eigenvalue weighted by Gasteiger charge is -2.24. The topological polar surface area (TPSA) is 256 Å². The van der Waals surface area contributed by atoms with E-state index in [1.165, 1.54) is 16.7 Å². The Morgan fingerprint density at radius 1 is 0.343 bits per heavy atom. The molecule has 99 heavy (non-hydrogen) atoms. The third kappa shape index (κ3) is 29.8. The Morgan fingerprint density at radius 3 is 0.859 bits per heavy atom. The number of carbonyl (C=O) groups excluding carboxylic acids is 3. The number of aryl methyl sites for hydroxylation is 6. The molecule has 21 nitrogen and oxygen atoms in total. The van der Waals surface area contributed by atoms with Crippen molar-refractivity contribution >= 4 is 35.8 Å². The first-order valence-electron chi connectivity index (χ1n) is 34.5. The molecule has 3 aliphatic rings. The molecule has 3 fully saturated rings. The molecule has 0 spiro atoms. The highest BCUT2D eigenvalue weighted by molar-refractivity contribution is 5.78. The molecule has 3 unspecified atom stereocenters. The van der Waals surface area contributed by atoms with Crippen molar-refractivity contribution in [2.45, 2.75) is 134 Å². The Bertz CT molecular complexity index is 3080. The summed E-state index contributed by atoms with van der Waals surface area (Å²) in [5.74, 6) is 0.294. The number of hydrogen-bond donors (Lipinski definition) is 3. The number of methoxy groups -OCH3 is 3. The van der Waals surface area contributed by atoms with Crippen LogP contribution >= 0.6 is 0 Å². The number of carboxylic acids is 3. The van der Waals surface area contributed by atoms with Gasteiger partial charge in [-0.2, -0.15) is 0 Å². The van der Waals surface area contributed by atoms with Crippen molar-refractivity contribution in [3.05, 3.63) is 179 Å². The standard InChI is InChI=1S/3C26H33NO6/c3*1-31-22-9-6-7-20(17-22)11-12-21-8-2-3-10-24(21)32-19-23(18-27-15-4-5-16-27)33-26(30)14-13-25(28)29/h3*2-3,6-10,17,23H,4-5,11-16,18-19H2,1H3,(H,28,29). The fraction of sp³-hybridized carbons (Fsp3) is 0.462. The smallest absolute Gasteiger partial charge is 0.306 e. The van der Waals surface area contributed by atoms with Gasteiger partial charge in [-0.1, -0.05) is 91.0 Å². The molecule has 6 aromatic rings. The number of likely N-dealkylation sites (tertiary alicyclic amines) is 3. The fourth-order valence-corrected chi connectivity index (χ4v) is 11.9. The number of rotatable bonds is 39. The fourth-order valence-electron chi connectivity index (χ4n) is 11.9. The summed E-state index contributed by atoms with van der Waals surface area (Å²) in [6.45, 7) is 8.28. The summed E-state index contributed by atoms with van der Waals surface area (Å²) in [5.41, 5.74) is 6.79. The monoisotopic (exact) mass is 1370 g/mol. The van der Waals surface area contributed by atoms with Gasteiger partial charge in [0.1, 0.15) is 72.6 Å². The summed E-state index contributed by atoms with van der Waals surface area (Å²) in [7, 11) is 4.99. The number of ether oxygens (including phenoxy) is 9. The van der Waals surface area contributed by atoms with E-state index in [1.807, 2.05) is 127 Å². The van der Waals surface area contributed by atoms with Crippen LogP contribution in [0.25, 0.3) is 0 Å². The van der Waals surface area contributed by atoms with Gasteiger partial charge in [0.25, 0.3) is 0 Å². The van der Waals surface area contributed by atoms with Crippen LogP contribution in [0.1, 0.15) is 110 Å². The number of carbonyl (C=O) groups is 6. The van der Waals surface area contributed by atoms with E-state index >= 15 is 0 Å². The molecule has 0 saturated carbocycles. The number of carboxylic acid groups (broad SMARTS) is 3. The molecule has 0 bridgehead atoms. The van der Waals surface area contributed by atoms with Crippen molar-refractivity contribution in [1.82, 2.24) is 14.7 Å². The molecule has 3 atom stereocenters. The van der Waals surface area contributed by atoms with Gasteiger partial charge in [0.05, 0.1) is 59.9 Å². The van der Waals surface area contributed by atoms with Gasteiger partial charge in [0.2, 0.25) is 0 Å². The quantitative estimate of drug-likeness (QED) is 0.0239. The van der Waals surface area contributed by atoms with Crippen LogP contribution in [0, 0.1) is 0 Å². The van der Waals surface area contributed by atoms with Crippen LogP contribution in [0.5, 0.6) is 34.5 Å². The average Bonchev–Trinajstić information content (AvgIpc) is 1.42. The Labute approximate surface area is 582 Å². The molecule has 21 heteroatoms. The molecule has 6 aromatic carbocycles. The first kappa shape index (κ1) is 77.2. The molecular formula is C78H99N3O18. The third-order valence-electron chi connectivity index (χ3n) is 17.1. The number of esters is 3. The van der Waals surface area contributed by atoms with Crippen LogP contribution in [0.3, 0.4) is 0 Å². The van der Waals surface area contributed by atoms with Crippen molar-refractivity contribution in [2.24, 2.45) is 0 Å². The van der Waals surface area contributed by atoms with Gasteiger partial charge in [-0.15, -0.1) is 0 Å². The second-order valence-electron chi connectivity index (χ2n) is 24.9. The number of aliphatic carboxylic acids is 3. The van der Waals surface area contributed by atoms with Crippen molar-refractivity contribution in [3.8, 4) is 34.5 Å². The van der Waals surface area contributed by atoms with E-state index in [1.54, 1.807) is 21.3 Å². The van der Waals surface area contributed by atoms with Gasteiger partial charge >= 0.3 is 35.8 Å². The molecule has 3 saturated heterocycles. The van der Waals surface area contributed by atoms with Gasteiger partial charge in [-0.05, 0) is 204 Å². The highest BCUT2D eigenvalue weighted by Gasteiger charge is 2.26. The van der Waals surface area contributed by atoms with Crippen molar-refractivity contribution in [3.63, 3.8) is 0 Å². The van der Waals surface area contributed by atoms with Crippen LogP contribution in [0.4, 0.5) is 0 Å². The second kappa shape index (κ2) is 43.3. The molecule has 0 aliphatic carbocycles. The summed E-state index contributed by atoms with van der Waals surface area (Å²) in [5, 5.41) is 26.5. The van der Waals surface area contributed by atoms with Gasteiger partial charge in [-0.3, -0.25) is 43.5 Å². The molecule has 3 aliphatic heterocycles. The van der Waals surface area contributed by atoms with Crippen LogP contribution in [-0.4, -0.2) is 184 Å². The number of hydrogen-bond acceptors (Lipinski definition) is 18. The zero-order chi connectivity index (χ0) is 70.4. The Morgan fingerprint density at radius 2 is 0.606 bits per heavy atom. The lowest BCUT2D eigenvalue weighted by molar-refractivity contribution is -0.154. The molecule has 3 N–H and O–H groups in total. The minimum atomic E-state index is -1.01. The van der Waals surface area contributed by atoms with E-state index in [0.717, 1.165) is 168 Å². The van der Waals surface area contributed by atoms with Gasteiger partial charge in [-0.25, -0.2) is 0 Å². The number of benzene rings is 6. The first-order chi connectivity index (χ1) is 48.1. The predicted octanol–water partition coefficient (Wildman–Crippen LogP) is 11.2. The maximum Gasteiger partial charge on any atom is 0.306 e. The average molecular weight is 1370 g/mol. The second-order valence-corrected chi connectivity index (χ2v) is 24.9. The number of nitrogens with zero attached hydrogens (tertiary/aromatic N) is 3. The summed E-state index contributed by atoms with van der Waals surface area (Å²) >= 11 is 0. The van der Waals surface area contributed by atoms with E-state index in [4.69, 9.17) is 58.0 Å². The lowest BCUT2D eigenvalue weighted by Crippen LogP contribution is -2.37. The van der Waals surface area contributed by atoms with Crippen LogP contribution in [-0.2, 0) is 81.5 Å².